The van der Waals surface area contributed by atoms with Gasteiger partial charge in [-0.2, -0.15) is 0 Å². The van der Waals surface area contributed by atoms with E-state index in [1.807, 2.05) is 24.3 Å². The topological polar surface area (TPSA) is 66.5 Å². The van der Waals surface area contributed by atoms with E-state index in [0.29, 0.717) is 35.1 Å². The van der Waals surface area contributed by atoms with Crippen molar-refractivity contribution < 1.29 is 13.2 Å². The summed E-state index contributed by atoms with van der Waals surface area (Å²) >= 11 is 17.7. The lowest BCUT2D eigenvalue weighted by Gasteiger charge is -2.22. The number of amides is 1. The van der Waals surface area contributed by atoms with Crippen LogP contribution in [0.25, 0.3) is 0 Å². The van der Waals surface area contributed by atoms with Crippen LogP contribution in [0.4, 0.5) is 5.69 Å². The molecule has 5 nitrogen and oxygen atoms in total. The van der Waals surface area contributed by atoms with E-state index in [-0.39, 0.29) is 23.9 Å². The fourth-order valence-electron chi connectivity index (χ4n) is 2.60. The zero-order valence-electron chi connectivity index (χ0n) is 15.3. The molecule has 0 radical (unpaired) electrons. The Balaban J connectivity index is 1.83. The van der Waals surface area contributed by atoms with E-state index in [9.17, 15) is 13.2 Å². The molecule has 2 rings (SSSR count). The number of hydrogen-bond acceptors (Lipinski definition) is 3. The number of rotatable bonds is 9. The maximum Gasteiger partial charge on any atom is 0.232 e. The second kappa shape index (κ2) is 10.3. The van der Waals surface area contributed by atoms with Crippen molar-refractivity contribution >= 4 is 56.4 Å². The monoisotopic (exact) mass is 462 g/mol. The highest BCUT2D eigenvalue weighted by Crippen LogP contribution is 2.28. The number of carbonyl (C=O) groups excluding carboxylic acids is 1. The van der Waals surface area contributed by atoms with Crippen LogP contribution in [-0.2, 0) is 21.2 Å². The lowest BCUT2D eigenvalue weighted by molar-refractivity contribution is -0.121. The van der Waals surface area contributed by atoms with Crippen LogP contribution in [0.2, 0.25) is 15.1 Å². The fourth-order valence-corrected chi connectivity index (χ4v) is 3.97. The van der Waals surface area contributed by atoms with Gasteiger partial charge in [0.1, 0.15) is 0 Å². The average molecular weight is 464 g/mol. The molecule has 28 heavy (non-hydrogen) atoms. The van der Waals surface area contributed by atoms with Crippen molar-refractivity contribution in [3.63, 3.8) is 0 Å². The van der Waals surface area contributed by atoms with Crippen molar-refractivity contribution in [1.82, 2.24) is 5.32 Å². The van der Waals surface area contributed by atoms with Crippen LogP contribution in [0.3, 0.4) is 0 Å². The predicted molar refractivity (Wildman–Crippen MR) is 116 cm³/mol. The van der Waals surface area contributed by atoms with E-state index in [2.05, 4.69) is 5.32 Å². The summed E-state index contributed by atoms with van der Waals surface area (Å²) in [6.45, 7) is 0.671. The molecule has 152 valence electrons. The molecule has 1 N–H and O–H groups in total. The zero-order chi connectivity index (χ0) is 20.7. The molecule has 0 saturated carbocycles. The highest BCUT2D eigenvalue weighted by molar-refractivity contribution is 7.92. The molecule has 2 aromatic rings. The van der Waals surface area contributed by atoms with Crippen LogP contribution in [0.5, 0.6) is 0 Å². The number of sulfonamides is 1. The Hall–Kier alpha value is -1.47. The Morgan fingerprint density at radius 1 is 1.04 bits per heavy atom. The SMILES string of the molecule is CS(=O)(=O)N(CCCC(=O)NCCc1ccc(Cl)cc1)c1ccc(Cl)c(Cl)c1. The van der Waals surface area contributed by atoms with Crippen LogP contribution < -0.4 is 9.62 Å². The molecule has 0 spiro atoms. The standard InChI is InChI=1S/C19H21Cl3N2O3S/c1-28(26,27)24(16-8-9-17(21)18(22)13-16)12-2-3-19(25)23-11-10-14-4-6-15(20)7-5-14/h4-9,13H,2-3,10-12H2,1H3,(H,23,25). The molecule has 0 aliphatic carbocycles. The van der Waals surface area contributed by atoms with Gasteiger partial charge >= 0.3 is 0 Å². The molecule has 0 fully saturated rings. The van der Waals surface area contributed by atoms with Crippen molar-refractivity contribution in [1.29, 1.82) is 0 Å². The van der Waals surface area contributed by atoms with Crippen molar-refractivity contribution in [2.24, 2.45) is 0 Å². The molecular formula is C19H21Cl3N2O3S. The number of carbonyl (C=O) groups is 1. The van der Waals surface area contributed by atoms with Crippen molar-refractivity contribution in [3.8, 4) is 0 Å². The van der Waals surface area contributed by atoms with E-state index in [0.717, 1.165) is 11.8 Å². The summed E-state index contributed by atoms with van der Waals surface area (Å²) in [7, 11) is -3.51. The van der Waals surface area contributed by atoms with Gasteiger partial charge in [0.05, 0.1) is 22.0 Å². The van der Waals surface area contributed by atoms with Gasteiger partial charge in [-0.05, 0) is 48.7 Å². The molecule has 0 aliphatic rings. The molecule has 0 unspecified atom stereocenters. The number of anilines is 1. The number of hydrogen-bond donors (Lipinski definition) is 1. The van der Waals surface area contributed by atoms with Gasteiger partial charge in [0, 0.05) is 24.5 Å². The quantitative estimate of drug-likeness (QED) is 0.593. The minimum Gasteiger partial charge on any atom is -0.356 e. The predicted octanol–water partition coefficient (Wildman–Crippen LogP) is 4.55. The first-order valence-corrected chi connectivity index (χ1v) is 11.6. The summed E-state index contributed by atoms with van der Waals surface area (Å²) in [5.74, 6) is -0.128. The average Bonchev–Trinajstić information content (AvgIpc) is 2.62. The Kier molecular flexibility index (Phi) is 8.43. The van der Waals surface area contributed by atoms with Crippen LogP contribution in [-0.4, -0.2) is 33.7 Å². The summed E-state index contributed by atoms with van der Waals surface area (Å²) < 4.78 is 25.4. The number of benzene rings is 2. The summed E-state index contributed by atoms with van der Waals surface area (Å²) in [6.07, 6.45) is 2.40. The van der Waals surface area contributed by atoms with E-state index in [1.54, 1.807) is 12.1 Å². The largest absolute Gasteiger partial charge is 0.356 e. The molecule has 0 saturated heterocycles. The summed E-state index contributed by atoms with van der Waals surface area (Å²) in [6, 6.07) is 12.1. The third-order valence-electron chi connectivity index (χ3n) is 4.01. The fraction of sp³-hybridized carbons (Fsp3) is 0.316. The van der Waals surface area contributed by atoms with Gasteiger partial charge in [-0.25, -0.2) is 8.42 Å². The lowest BCUT2D eigenvalue weighted by Crippen LogP contribution is -2.32. The number of nitrogens with zero attached hydrogens (tertiary/aromatic N) is 1. The van der Waals surface area contributed by atoms with Gasteiger partial charge in [-0.3, -0.25) is 9.10 Å². The summed E-state index contributed by atoms with van der Waals surface area (Å²) in [5.41, 5.74) is 1.49. The third-order valence-corrected chi connectivity index (χ3v) is 6.19. The first-order valence-electron chi connectivity index (χ1n) is 8.61. The molecule has 0 aliphatic heterocycles. The van der Waals surface area contributed by atoms with Gasteiger partial charge in [0.15, 0.2) is 0 Å². The minimum absolute atomic E-state index is 0.128. The molecule has 0 aromatic heterocycles. The molecule has 0 bridgehead atoms. The first kappa shape index (κ1) is 22.8. The minimum atomic E-state index is -3.51. The second-order valence-corrected chi connectivity index (χ2v) is 9.42. The Morgan fingerprint density at radius 2 is 1.71 bits per heavy atom. The highest BCUT2D eigenvalue weighted by atomic mass is 35.5. The van der Waals surface area contributed by atoms with E-state index in [1.165, 1.54) is 10.4 Å². The highest BCUT2D eigenvalue weighted by Gasteiger charge is 2.18. The lowest BCUT2D eigenvalue weighted by atomic mass is 10.1. The van der Waals surface area contributed by atoms with Gasteiger partial charge in [0.25, 0.3) is 0 Å². The summed E-state index contributed by atoms with van der Waals surface area (Å²) in [5, 5.41) is 4.12. The van der Waals surface area contributed by atoms with Gasteiger partial charge in [-0.1, -0.05) is 46.9 Å². The molecule has 0 heterocycles. The number of halogens is 3. The Labute approximate surface area is 180 Å². The third kappa shape index (κ3) is 7.17. The van der Waals surface area contributed by atoms with Crippen LogP contribution in [0, 0.1) is 0 Å². The maximum atomic E-state index is 12.1. The Bertz CT molecular complexity index is 919. The van der Waals surface area contributed by atoms with E-state index < -0.39 is 10.0 Å². The molecule has 2 aromatic carbocycles. The van der Waals surface area contributed by atoms with Crippen molar-refractivity contribution in [3.05, 3.63) is 63.1 Å². The van der Waals surface area contributed by atoms with E-state index >= 15 is 0 Å². The van der Waals surface area contributed by atoms with Crippen LogP contribution in [0.15, 0.2) is 42.5 Å². The smallest absolute Gasteiger partial charge is 0.232 e. The molecule has 9 heteroatoms. The maximum absolute atomic E-state index is 12.1. The van der Waals surface area contributed by atoms with Crippen molar-refractivity contribution in [2.45, 2.75) is 19.3 Å². The van der Waals surface area contributed by atoms with Gasteiger partial charge in [-0.15, -0.1) is 0 Å². The van der Waals surface area contributed by atoms with Crippen molar-refractivity contribution in [2.75, 3.05) is 23.7 Å². The molecule has 0 atom stereocenters. The number of nitrogens with one attached hydrogen (secondary N) is 1. The van der Waals surface area contributed by atoms with Crippen LogP contribution in [0.1, 0.15) is 18.4 Å². The van der Waals surface area contributed by atoms with Gasteiger partial charge in [0.2, 0.25) is 15.9 Å². The molecular weight excluding hydrogens is 443 g/mol. The summed E-state index contributed by atoms with van der Waals surface area (Å²) in [4.78, 5) is 12.0. The van der Waals surface area contributed by atoms with Crippen LogP contribution >= 0.6 is 34.8 Å². The first-order chi connectivity index (χ1) is 13.2. The van der Waals surface area contributed by atoms with E-state index in [4.69, 9.17) is 34.8 Å². The second-order valence-electron chi connectivity index (χ2n) is 6.26. The normalized spacial score (nSPS) is 11.3. The van der Waals surface area contributed by atoms with Gasteiger partial charge < -0.3 is 5.32 Å². The zero-order valence-corrected chi connectivity index (χ0v) is 18.4. The molecule has 1 amide bonds. The Morgan fingerprint density at radius 3 is 2.32 bits per heavy atom.